The van der Waals surface area contributed by atoms with Crippen molar-refractivity contribution in [3.05, 3.63) is 12.7 Å². The highest BCUT2D eigenvalue weighted by atomic mass is 16.2. The molecule has 19 heavy (non-hydrogen) atoms. The Morgan fingerprint density at radius 2 is 2.05 bits per heavy atom. The molecule has 1 aliphatic heterocycles. The van der Waals surface area contributed by atoms with Gasteiger partial charge in [0, 0.05) is 25.2 Å². The summed E-state index contributed by atoms with van der Waals surface area (Å²) in [5, 5.41) is 6.75. The van der Waals surface area contributed by atoms with Crippen molar-refractivity contribution in [2.45, 2.75) is 26.3 Å². The first-order chi connectivity index (χ1) is 8.97. The molecule has 3 rings (SSSR count). The third-order valence-corrected chi connectivity index (χ3v) is 4.44. The number of carbonyl (C=O) groups excluding carboxylic acids is 1. The summed E-state index contributed by atoms with van der Waals surface area (Å²) in [6.45, 7) is 9.87. The molecule has 104 valence electrons. The SMILES string of the molecule is CC(C)(C)N1CC2C(CNC(=O)n3cncn3)C2C1. The first kappa shape index (κ1) is 12.6. The summed E-state index contributed by atoms with van der Waals surface area (Å²) in [5.41, 5.74) is 0.266. The van der Waals surface area contributed by atoms with Gasteiger partial charge in [0.15, 0.2) is 0 Å². The molecular formula is C13H21N5O. The zero-order valence-corrected chi connectivity index (χ0v) is 11.7. The van der Waals surface area contributed by atoms with Crippen LogP contribution >= 0.6 is 0 Å². The van der Waals surface area contributed by atoms with Crippen LogP contribution in [0.5, 0.6) is 0 Å². The Morgan fingerprint density at radius 1 is 1.37 bits per heavy atom. The molecule has 0 bridgehead atoms. The summed E-state index contributed by atoms with van der Waals surface area (Å²) < 4.78 is 1.24. The number of nitrogens with one attached hydrogen (secondary N) is 1. The van der Waals surface area contributed by atoms with Crippen LogP contribution in [-0.2, 0) is 0 Å². The molecular weight excluding hydrogens is 242 g/mol. The van der Waals surface area contributed by atoms with E-state index in [1.54, 1.807) is 0 Å². The van der Waals surface area contributed by atoms with Crippen LogP contribution < -0.4 is 5.32 Å². The van der Waals surface area contributed by atoms with E-state index in [9.17, 15) is 4.79 Å². The van der Waals surface area contributed by atoms with Crippen molar-refractivity contribution in [3.8, 4) is 0 Å². The maximum absolute atomic E-state index is 11.7. The molecule has 0 spiro atoms. The summed E-state index contributed by atoms with van der Waals surface area (Å²) >= 11 is 0. The first-order valence-electron chi connectivity index (χ1n) is 6.84. The molecule has 2 aliphatic rings. The van der Waals surface area contributed by atoms with Gasteiger partial charge in [0.2, 0.25) is 0 Å². The number of piperidine rings is 1. The van der Waals surface area contributed by atoms with Crippen LogP contribution in [0.1, 0.15) is 20.8 Å². The van der Waals surface area contributed by atoms with E-state index in [-0.39, 0.29) is 11.6 Å². The van der Waals surface area contributed by atoms with Crippen molar-refractivity contribution in [1.82, 2.24) is 25.0 Å². The van der Waals surface area contributed by atoms with Crippen molar-refractivity contribution in [2.24, 2.45) is 17.8 Å². The fourth-order valence-corrected chi connectivity index (χ4v) is 3.10. The number of rotatable bonds is 2. The summed E-state index contributed by atoms with van der Waals surface area (Å²) in [7, 11) is 0. The predicted octanol–water partition coefficient (Wildman–Crippen LogP) is 0.812. The average Bonchev–Trinajstić information content (AvgIpc) is 2.82. The maximum atomic E-state index is 11.7. The second-order valence-corrected chi connectivity index (χ2v) is 6.59. The Bertz CT molecular complexity index is 452. The fourth-order valence-electron chi connectivity index (χ4n) is 3.10. The number of amides is 1. The van der Waals surface area contributed by atoms with E-state index >= 15 is 0 Å². The van der Waals surface area contributed by atoms with Crippen LogP contribution in [0.3, 0.4) is 0 Å². The average molecular weight is 263 g/mol. The van der Waals surface area contributed by atoms with Crippen molar-refractivity contribution in [3.63, 3.8) is 0 Å². The van der Waals surface area contributed by atoms with E-state index in [2.05, 4.69) is 41.1 Å². The van der Waals surface area contributed by atoms with Crippen molar-refractivity contribution < 1.29 is 4.79 Å². The van der Waals surface area contributed by atoms with Crippen LogP contribution in [0.25, 0.3) is 0 Å². The normalized spacial score (nSPS) is 30.2. The maximum Gasteiger partial charge on any atom is 0.343 e. The molecule has 1 aliphatic carbocycles. The second-order valence-electron chi connectivity index (χ2n) is 6.59. The number of aromatic nitrogens is 3. The number of fused-ring (bicyclic) bond motifs is 1. The lowest BCUT2D eigenvalue weighted by atomic mass is 10.1. The molecule has 2 fully saturated rings. The molecule has 2 atom stereocenters. The van der Waals surface area contributed by atoms with Gasteiger partial charge in [-0.3, -0.25) is 4.90 Å². The summed E-state index contributed by atoms with van der Waals surface area (Å²) in [4.78, 5) is 18.0. The van der Waals surface area contributed by atoms with E-state index < -0.39 is 0 Å². The third-order valence-electron chi connectivity index (χ3n) is 4.44. The monoisotopic (exact) mass is 263 g/mol. The number of hydrogen-bond acceptors (Lipinski definition) is 4. The van der Waals surface area contributed by atoms with Gasteiger partial charge in [0.25, 0.3) is 0 Å². The lowest BCUT2D eigenvalue weighted by Crippen LogP contribution is -2.42. The molecule has 1 saturated carbocycles. The number of carbonyl (C=O) groups is 1. The van der Waals surface area contributed by atoms with Gasteiger partial charge in [-0.05, 0) is 38.5 Å². The standard InChI is InChI=1S/C13H21N5O/c1-13(2,3)17-5-10-9(11(10)6-17)4-15-12(19)18-8-14-7-16-18/h7-11H,4-6H2,1-3H3,(H,15,19). The van der Waals surface area contributed by atoms with E-state index in [1.165, 1.54) is 17.3 Å². The molecule has 1 aromatic rings. The minimum atomic E-state index is -0.185. The quantitative estimate of drug-likeness (QED) is 0.857. The van der Waals surface area contributed by atoms with Gasteiger partial charge in [-0.1, -0.05) is 0 Å². The summed E-state index contributed by atoms with van der Waals surface area (Å²) in [5.74, 6) is 2.16. The molecule has 2 heterocycles. The molecule has 1 amide bonds. The molecule has 1 aromatic heterocycles. The third kappa shape index (κ3) is 2.36. The molecule has 1 N–H and O–H groups in total. The number of likely N-dealkylation sites (tertiary alicyclic amines) is 1. The van der Waals surface area contributed by atoms with Gasteiger partial charge >= 0.3 is 6.03 Å². The van der Waals surface area contributed by atoms with Crippen LogP contribution in [0.2, 0.25) is 0 Å². The van der Waals surface area contributed by atoms with Gasteiger partial charge < -0.3 is 5.32 Å². The summed E-state index contributed by atoms with van der Waals surface area (Å²) in [6, 6.07) is -0.185. The molecule has 2 unspecified atom stereocenters. The van der Waals surface area contributed by atoms with Crippen LogP contribution in [-0.4, -0.2) is 50.9 Å². The highest BCUT2D eigenvalue weighted by Crippen LogP contribution is 2.52. The Labute approximate surface area is 113 Å². The van der Waals surface area contributed by atoms with E-state index in [1.807, 2.05) is 0 Å². The number of nitrogens with zero attached hydrogens (tertiary/aromatic N) is 4. The summed E-state index contributed by atoms with van der Waals surface area (Å²) in [6.07, 6.45) is 2.79. The molecule has 0 radical (unpaired) electrons. The molecule has 6 nitrogen and oxygen atoms in total. The Kier molecular flexibility index (Phi) is 2.85. The zero-order valence-electron chi connectivity index (χ0n) is 11.7. The van der Waals surface area contributed by atoms with Gasteiger partial charge in [0.05, 0.1) is 0 Å². The lowest BCUT2D eigenvalue weighted by Gasteiger charge is -2.33. The van der Waals surface area contributed by atoms with Crippen molar-refractivity contribution >= 4 is 6.03 Å². The van der Waals surface area contributed by atoms with Crippen LogP contribution in [0.15, 0.2) is 12.7 Å². The smallest absolute Gasteiger partial charge is 0.336 e. The van der Waals surface area contributed by atoms with E-state index in [0.717, 1.165) is 31.5 Å². The topological polar surface area (TPSA) is 63.1 Å². The van der Waals surface area contributed by atoms with Gasteiger partial charge in [0.1, 0.15) is 12.7 Å². The van der Waals surface area contributed by atoms with Crippen molar-refractivity contribution in [2.75, 3.05) is 19.6 Å². The van der Waals surface area contributed by atoms with E-state index in [0.29, 0.717) is 5.92 Å². The highest BCUT2D eigenvalue weighted by molar-refractivity contribution is 5.75. The van der Waals surface area contributed by atoms with E-state index in [4.69, 9.17) is 0 Å². The van der Waals surface area contributed by atoms with Crippen LogP contribution in [0, 0.1) is 17.8 Å². The Balaban J connectivity index is 1.45. The fraction of sp³-hybridized carbons (Fsp3) is 0.769. The second kappa shape index (κ2) is 4.30. The minimum absolute atomic E-state index is 0.185. The van der Waals surface area contributed by atoms with Crippen LogP contribution in [0.4, 0.5) is 4.79 Å². The largest absolute Gasteiger partial charge is 0.343 e. The Morgan fingerprint density at radius 3 is 2.58 bits per heavy atom. The molecule has 1 saturated heterocycles. The Hall–Kier alpha value is -1.43. The minimum Gasteiger partial charge on any atom is -0.336 e. The first-order valence-corrected chi connectivity index (χ1v) is 6.84. The lowest BCUT2D eigenvalue weighted by molar-refractivity contribution is 0.147. The van der Waals surface area contributed by atoms with Gasteiger partial charge in [-0.15, -0.1) is 0 Å². The molecule has 0 aromatic carbocycles. The van der Waals surface area contributed by atoms with Crippen molar-refractivity contribution in [1.29, 1.82) is 0 Å². The molecule has 6 heteroatoms. The zero-order chi connectivity index (χ0) is 13.6. The van der Waals surface area contributed by atoms with Gasteiger partial charge in [-0.2, -0.15) is 9.78 Å². The van der Waals surface area contributed by atoms with Gasteiger partial charge in [-0.25, -0.2) is 9.78 Å². The number of hydrogen-bond donors (Lipinski definition) is 1. The predicted molar refractivity (Wildman–Crippen MR) is 70.6 cm³/mol. The highest BCUT2D eigenvalue weighted by Gasteiger charge is 2.56.